The molecule has 1 aliphatic rings. The Hall–Kier alpha value is -1.65. The van der Waals surface area contributed by atoms with E-state index in [1.807, 2.05) is 44.2 Å². The zero-order chi connectivity index (χ0) is 15.9. The number of hydrogen-bond donors (Lipinski definition) is 0. The van der Waals surface area contributed by atoms with Gasteiger partial charge in [0.05, 0.1) is 7.11 Å². The molecule has 0 aliphatic carbocycles. The third-order valence-corrected chi connectivity index (χ3v) is 4.77. The number of esters is 1. The van der Waals surface area contributed by atoms with Crippen molar-refractivity contribution < 1.29 is 9.53 Å². The molecule has 0 saturated carbocycles. The van der Waals surface area contributed by atoms with Gasteiger partial charge in [0.2, 0.25) is 0 Å². The minimum Gasteiger partial charge on any atom is -0.468 e. The standard InChI is InChI=1S/C16H17NO2S.C2H6/c1-19-16(18)15(12-5-3-2-4-6-12)17-9-7-14-13(11-17)8-10-20-14;1-2/h2-6,8,10,15H,7,9,11H2,1H3;1-2H3. The highest BCUT2D eigenvalue weighted by Gasteiger charge is 2.31. The highest BCUT2D eigenvalue weighted by Crippen LogP contribution is 2.30. The van der Waals surface area contributed by atoms with Crippen LogP contribution in [0.5, 0.6) is 0 Å². The fraction of sp³-hybridized carbons (Fsp3) is 0.389. The van der Waals surface area contributed by atoms with Gasteiger partial charge in [0.15, 0.2) is 0 Å². The van der Waals surface area contributed by atoms with Gasteiger partial charge in [-0.3, -0.25) is 4.90 Å². The molecule has 0 radical (unpaired) electrons. The van der Waals surface area contributed by atoms with E-state index in [9.17, 15) is 4.79 Å². The Morgan fingerprint density at radius 2 is 1.95 bits per heavy atom. The van der Waals surface area contributed by atoms with Crippen molar-refractivity contribution in [2.24, 2.45) is 0 Å². The summed E-state index contributed by atoms with van der Waals surface area (Å²) >= 11 is 1.81. The number of rotatable bonds is 3. The van der Waals surface area contributed by atoms with Crippen LogP contribution < -0.4 is 0 Å². The molecule has 0 fully saturated rings. The minimum absolute atomic E-state index is 0.185. The zero-order valence-corrected chi connectivity index (χ0v) is 14.2. The number of fused-ring (bicyclic) bond motifs is 1. The number of carbonyl (C=O) groups is 1. The second-order valence-corrected chi connectivity index (χ2v) is 5.93. The maximum atomic E-state index is 12.2. The highest BCUT2D eigenvalue weighted by atomic mass is 32.1. The Bertz CT molecular complexity index is 594. The molecular formula is C18H23NO2S. The first-order valence-corrected chi connectivity index (χ1v) is 8.59. The third-order valence-electron chi connectivity index (χ3n) is 3.74. The maximum Gasteiger partial charge on any atom is 0.327 e. The summed E-state index contributed by atoms with van der Waals surface area (Å²) in [4.78, 5) is 15.8. The molecule has 0 saturated heterocycles. The van der Waals surface area contributed by atoms with Crippen LogP contribution in [0.15, 0.2) is 41.8 Å². The molecule has 0 spiro atoms. The van der Waals surface area contributed by atoms with E-state index in [0.29, 0.717) is 0 Å². The largest absolute Gasteiger partial charge is 0.468 e. The Morgan fingerprint density at radius 1 is 1.23 bits per heavy atom. The van der Waals surface area contributed by atoms with Crippen molar-refractivity contribution >= 4 is 17.3 Å². The SMILES string of the molecule is CC.COC(=O)C(c1ccccc1)N1CCc2sccc2C1. The minimum atomic E-state index is -0.311. The lowest BCUT2D eigenvalue weighted by Gasteiger charge is -2.33. The number of benzene rings is 1. The second kappa shape index (κ2) is 8.11. The predicted octanol–water partition coefficient (Wildman–Crippen LogP) is 4.05. The molecule has 0 amide bonds. The van der Waals surface area contributed by atoms with Gasteiger partial charge >= 0.3 is 5.97 Å². The molecular weight excluding hydrogens is 294 g/mol. The first-order valence-electron chi connectivity index (χ1n) is 7.71. The van der Waals surface area contributed by atoms with Crippen LogP contribution in [0.25, 0.3) is 0 Å². The first-order chi connectivity index (χ1) is 10.8. The van der Waals surface area contributed by atoms with Crippen LogP contribution in [0, 0.1) is 0 Å². The summed E-state index contributed by atoms with van der Waals surface area (Å²) in [6.45, 7) is 5.70. The van der Waals surface area contributed by atoms with Gasteiger partial charge in [-0.2, -0.15) is 0 Å². The Labute approximate surface area is 136 Å². The lowest BCUT2D eigenvalue weighted by atomic mass is 10.0. The Kier molecular flexibility index (Phi) is 6.16. The van der Waals surface area contributed by atoms with Gasteiger partial charge in [0, 0.05) is 18.0 Å². The summed E-state index contributed by atoms with van der Waals surface area (Å²) in [6.07, 6.45) is 1.01. The number of thiophene rings is 1. The normalized spacial score (nSPS) is 15.2. The van der Waals surface area contributed by atoms with Gasteiger partial charge in [-0.1, -0.05) is 44.2 Å². The van der Waals surface area contributed by atoms with Crippen molar-refractivity contribution in [3.05, 3.63) is 57.8 Å². The van der Waals surface area contributed by atoms with Crippen molar-refractivity contribution in [3.8, 4) is 0 Å². The van der Waals surface area contributed by atoms with E-state index in [-0.39, 0.29) is 12.0 Å². The van der Waals surface area contributed by atoms with Crippen molar-refractivity contribution in [2.75, 3.05) is 13.7 Å². The van der Waals surface area contributed by atoms with E-state index in [4.69, 9.17) is 4.74 Å². The molecule has 118 valence electrons. The molecule has 0 bridgehead atoms. The third kappa shape index (κ3) is 3.57. The monoisotopic (exact) mass is 317 g/mol. The Balaban J connectivity index is 0.000000847. The number of nitrogens with zero attached hydrogens (tertiary/aromatic N) is 1. The highest BCUT2D eigenvalue weighted by molar-refractivity contribution is 7.10. The summed E-state index contributed by atoms with van der Waals surface area (Å²) in [6, 6.07) is 11.7. The lowest BCUT2D eigenvalue weighted by molar-refractivity contribution is -0.147. The van der Waals surface area contributed by atoms with Crippen molar-refractivity contribution in [1.82, 2.24) is 4.90 Å². The molecule has 3 nitrogen and oxygen atoms in total. The number of carbonyl (C=O) groups excluding carboxylic acids is 1. The van der Waals surface area contributed by atoms with E-state index in [0.717, 1.165) is 25.1 Å². The molecule has 0 N–H and O–H groups in total. The smallest absolute Gasteiger partial charge is 0.327 e. The summed E-state index contributed by atoms with van der Waals surface area (Å²) in [5, 5.41) is 2.13. The average Bonchev–Trinajstić information content (AvgIpc) is 3.05. The van der Waals surface area contributed by atoms with Crippen LogP contribution >= 0.6 is 11.3 Å². The van der Waals surface area contributed by atoms with Crippen LogP contribution in [0.3, 0.4) is 0 Å². The van der Waals surface area contributed by atoms with Gasteiger partial charge in [-0.15, -0.1) is 11.3 Å². The molecule has 2 aromatic rings. The van der Waals surface area contributed by atoms with Crippen LogP contribution in [0.1, 0.15) is 35.9 Å². The van der Waals surface area contributed by atoms with Crippen molar-refractivity contribution in [3.63, 3.8) is 0 Å². The molecule has 1 atom stereocenters. The molecule has 1 unspecified atom stereocenters. The molecule has 22 heavy (non-hydrogen) atoms. The predicted molar refractivity (Wildman–Crippen MR) is 91.0 cm³/mol. The van der Waals surface area contributed by atoms with Crippen LogP contribution in [-0.4, -0.2) is 24.5 Å². The molecule has 1 aliphatic heterocycles. The molecule has 3 rings (SSSR count). The van der Waals surface area contributed by atoms with Crippen LogP contribution in [-0.2, 0) is 22.5 Å². The summed E-state index contributed by atoms with van der Waals surface area (Å²) in [5.41, 5.74) is 2.34. The van der Waals surface area contributed by atoms with E-state index in [2.05, 4.69) is 16.3 Å². The first kappa shape index (κ1) is 16.7. The fourth-order valence-electron chi connectivity index (χ4n) is 2.73. The van der Waals surface area contributed by atoms with E-state index in [1.165, 1.54) is 17.6 Å². The van der Waals surface area contributed by atoms with Gasteiger partial charge in [0.25, 0.3) is 0 Å². The zero-order valence-electron chi connectivity index (χ0n) is 13.4. The molecule has 2 heterocycles. The Morgan fingerprint density at radius 3 is 2.64 bits per heavy atom. The van der Waals surface area contributed by atoms with Gasteiger partial charge < -0.3 is 4.74 Å². The number of hydrogen-bond acceptors (Lipinski definition) is 4. The summed E-state index contributed by atoms with van der Waals surface area (Å²) in [5.74, 6) is -0.185. The van der Waals surface area contributed by atoms with Crippen LogP contribution in [0.4, 0.5) is 0 Å². The van der Waals surface area contributed by atoms with E-state index in [1.54, 1.807) is 11.3 Å². The lowest BCUT2D eigenvalue weighted by Crippen LogP contribution is -2.38. The van der Waals surface area contributed by atoms with Gasteiger partial charge in [-0.05, 0) is 29.0 Å². The number of methoxy groups -OCH3 is 1. The van der Waals surface area contributed by atoms with Crippen molar-refractivity contribution in [1.29, 1.82) is 0 Å². The van der Waals surface area contributed by atoms with Gasteiger partial charge in [-0.25, -0.2) is 4.79 Å². The van der Waals surface area contributed by atoms with Gasteiger partial charge in [0.1, 0.15) is 6.04 Å². The van der Waals surface area contributed by atoms with Crippen LogP contribution in [0.2, 0.25) is 0 Å². The maximum absolute atomic E-state index is 12.2. The van der Waals surface area contributed by atoms with Crippen molar-refractivity contribution in [2.45, 2.75) is 32.9 Å². The quantitative estimate of drug-likeness (QED) is 0.800. The average molecular weight is 317 g/mol. The topological polar surface area (TPSA) is 29.5 Å². The molecule has 4 heteroatoms. The summed E-state index contributed by atoms with van der Waals surface area (Å²) in [7, 11) is 1.46. The van der Waals surface area contributed by atoms with E-state index < -0.39 is 0 Å². The molecule has 1 aromatic heterocycles. The number of ether oxygens (including phenoxy) is 1. The summed E-state index contributed by atoms with van der Waals surface area (Å²) < 4.78 is 5.01. The molecule has 1 aromatic carbocycles. The van der Waals surface area contributed by atoms with E-state index >= 15 is 0 Å². The fourth-order valence-corrected chi connectivity index (χ4v) is 3.62. The second-order valence-electron chi connectivity index (χ2n) is 4.93.